The summed E-state index contributed by atoms with van der Waals surface area (Å²) >= 11 is 1.11. The predicted octanol–water partition coefficient (Wildman–Crippen LogP) is 2.65. The van der Waals surface area contributed by atoms with Crippen LogP contribution in [0.25, 0.3) is 21.3 Å². The maximum Gasteiger partial charge on any atom is 0.413 e. The number of hydrogen-bond acceptors (Lipinski definition) is 8. The van der Waals surface area contributed by atoms with Crippen LogP contribution in [-0.2, 0) is 24.2 Å². The Morgan fingerprint density at radius 1 is 1.17 bits per heavy atom. The average molecular weight is 531 g/mol. The largest absolute Gasteiger partial charge is 0.452 e. The second-order valence-electron chi connectivity index (χ2n) is 8.58. The first kappa shape index (κ1) is 25.6. The van der Waals surface area contributed by atoms with Crippen molar-refractivity contribution in [3.05, 3.63) is 47.5 Å². The van der Waals surface area contributed by atoms with Gasteiger partial charge in [-0.05, 0) is 48.2 Å². The minimum absolute atomic E-state index is 0.129. The molecule has 1 aliphatic carbocycles. The van der Waals surface area contributed by atoms with E-state index in [0.717, 1.165) is 41.6 Å². The van der Waals surface area contributed by atoms with Gasteiger partial charge in [-0.2, -0.15) is 0 Å². The van der Waals surface area contributed by atoms with Gasteiger partial charge in [0, 0.05) is 25.0 Å². The molecule has 0 saturated heterocycles. The van der Waals surface area contributed by atoms with Crippen molar-refractivity contribution in [1.29, 1.82) is 0 Å². The molecule has 0 bridgehead atoms. The van der Waals surface area contributed by atoms with Crippen molar-refractivity contribution < 1.29 is 27.5 Å². The monoisotopic (exact) mass is 530 g/mol. The van der Waals surface area contributed by atoms with Gasteiger partial charge in [0.2, 0.25) is 11.8 Å². The lowest BCUT2D eigenvalue weighted by Gasteiger charge is -2.16. The molecule has 1 aromatic heterocycles. The van der Waals surface area contributed by atoms with Crippen molar-refractivity contribution in [1.82, 2.24) is 15.6 Å². The Labute approximate surface area is 212 Å². The quantitative estimate of drug-likeness (QED) is 0.457. The van der Waals surface area contributed by atoms with Crippen LogP contribution < -0.4 is 15.5 Å². The summed E-state index contributed by atoms with van der Waals surface area (Å²) in [7, 11) is -0.940. The van der Waals surface area contributed by atoms with Gasteiger partial charge in [-0.1, -0.05) is 18.2 Å². The summed E-state index contributed by atoms with van der Waals surface area (Å²) in [5.41, 5.74) is 2.85. The van der Waals surface area contributed by atoms with Crippen molar-refractivity contribution in [3.63, 3.8) is 0 Å². The number of thiazole rings is 1. The molecule has 190 valence electrons. The van der Waals surface area contributed by atoms with E-state index in [1.54, 1.807) is 19.2 Å². The van der Waals surface area contributed by atoms with E-state index >= 15 is 0 Å². The van der Waals surface area contributed by atoms with Crippen LogP contribution in [0.5, 0.6) is 0 Å². The van der Waals surface area contributed by atoms with Gasteiger partial charge in [-0.3, -0.25) is 14.5 Å². The van der Waals surface area contributed by atoms with E-state index in [1.165, 1.54) is 12.0 Å². The fourth-order valence-electron chi connectivity index (χ4n) is 3.63. The molecule has 1 saturated carbocycles. The number of rotatable bonds is 8. The smallest absolute Gasteiger partial charge is 0.413 e. The molecule has 1 fully saturated rings. The van der Waals surface area contributed by atoms with Crippen LogP contribution >= 0.6 is 11.3 Å². The summed E-state index contributed by atoms with van der Waals surface area (Å²) in [6, 6.07) is 12.9. The number of methoxy groups -OCH3 is 1. The molecule has 0 radical (unpaired) electrons. The number of ether oxygens (including phenoxy) is 1. The Hall–Kier alpha value is -3.51. The van der Waals surface area contributed by atoms with E-state index < -0.39 is 27.1 Å². The average Bonchev–Trinajstić information content (AvgIpc) is 3.56. The van der Waals surface area contributed by atoms with Gasteiger partial charge in [0.25, 0.3) is 0 Å². The van der Waals surface area contributed by atoms with Gasteiger partial charge >= 0.3 is 6.09 Å². The van der Waals surface area contributed by atoms with Gasteiger partial charge < -0.3 is 15.4 Å². The zero-order valence-corrected chi connectivity index (χ0v) is 21.6. The first-order valence-electron chi connectivity index (χ1n) is 11.2. The lowest BCUT2D eigenvalue weighted by atomic mass is 10.0. The van der Waals surface area contributed by atoms with E-state index in [2.05, 4.69) is 15.6 Å². The maximum atomic E-state index is 12.8. The Kier molecular flexibility index (Phi) is 7.27. The fourth-order valence-corrected chi connectivity index (χ4v) is 6.17. The molecule has 3 aromatic rings. The molecule has 2 N–H and O–H groups in total. The molecule has 1 heterocycles. The second kappa shape index (κ2) is 10.2. The molecular formula is C24H26N4O6S2. The van der Waals surface area contributed by atoms with E-state index in [0.29, 0.717) is 15.9 Å². The molecule has 1 atom stereocenters. The lowest BCUT2D eigenvalue weighted by Crippen LogP contribution is -2.41. The number of fused-ring (bicyclic) bond motifs is 1. The van der Waals surface area contributed by atoms with Gasteiger partial charge in [0.15, 0.2) is 15.1 Å². The Morgan fingerprint density at radius 2 is 1.89 bits per heavy atom. The van der Waals surface area contributed by atoms with Crippen molar-refractivity contribution in [2.24, 2.45) is 0 Å². The minimum Gasteiger partial charge on any atom is -0.452 e. The molecular weight excluding hydrogens is 504 g/mol. The molecule has 2 aromatic carbocycles. The van der Waals surface area contributed by atoms with Crippen LogP contribution in [0, 0.1) is 0 Å². The number of hydrogen-bond donors (Lipinski definition) is 2. The van der Waals surface area contributed by atoms with Gasteiger partial charge in [0.1, 0.15) is 5.01 Å². The highest BCUT2D eigenvalue weighted by atomic mass is 32.2. The van der Waals surface area contributed by atoms with Crippen LogP contribution in [-0.4, -0.2) is 64.3 Å². The number of nitrogens with one attached hydrogen (secondary N) is 2. The first-order chi connectivity index (χ1) is 17.1. The molecule has 1 unspecified atom stereocenters. The summed E-state index contributed by atoms with van der Waals surface area (Å²) in [6.45, 7) is -0.299. The van der Waals surface area contributed by atoms with Crippen molar-refractivity contribution in [3.8, 4) is 11.1 Å². The number of benzene rings is 2. The van der Waals surface area contributed by atoms with Crippen molar-refractivity contribution in [2.45, 2.75) is 24.1 Å². The Bertz CT molecular complexity index is 1430. The Morgan fingerprint density at radius 3 is 2.56 bits per heavy atom. The number of aromatic nitrogens is 1. The molecule has 10 nitrogen and oxygen atoms in total. The van der Waals surface area contributed by atoms with Crippen molar-refractivity contribution in [2.75, 3.05) is 31.9 Å². The lowest BCUT2D eigenvalue weighted by molar-refractivity contribution is -0.126. The van der Waals surface area contributed by atoms with Gasteiger partial charge in [-0.25, -0.2) is 18.2 Å². The number of amides is 3. The van der Waals surface area contributed by atoms with Gasteiger partial charge in [0.05, 0.1) is 23.9 Å². The normalized spacial score (nSPS) is 14.2. The third kappa shape index (κ3) is 5.82. The Balaban J connectivity index is 1.59. The zero-order valence-electron chi connectivity index (χ0n) is 20.0. The summed E-state index contributed by atoms with van der Waals surface area (Å²) in [4.78, 5) is 42.4. The molecule has 4 rings (SSSR count). The zero-order chi connectivity index (χ0) is 26.0. The van der Waals surface area contributed by atoms with Crippen LogP contribution in [0.3, 0.4) is 0 Å². The summed E-state index contributed by atoms with van der Waals surface area (Å²) in [5.74, 6) is -1.15. The van der Waals surface area contributed by atoms with Crippen LogP contribution in [0.4, 0.5) is 10.5 Å². The van der Waals surface area contributed by atoms with E-state index in [4.69, 9.17) is 4.74 Å². The third-order valence-electron chi connectivity index (χ3n) is 5.68. The van der Waals surface area contributed by atoms with Crippen molar-refractivity contribution >= 4 is 55.0 Å². The maximum absolute atomic E-state index is 12.8. The topological polar surface area (TPSA) is 135 Å². The minimum atomic E-state index is -3.86. The number of anilines is 1. The number of nitrogens with zero attached hydrogens (tertiary/aromatic N) is 2. The highest BCUT2D eigenvalue weighted by Gasteiger charge is 2.34. The molecule has 3 amide bonds. The molecule has 12 heteroatoms. The van der Waals surface area contributed by atoms with Crippen LogP contribution in [0.1, 0.15) is 23.1 Å². The standard InChI is InChI=1S/C24H26N4O6S2/c1-28(24(31)34-2)17-6-4-5-14(11-17)15-7-10-18-19(12-15)35-23(27-18)21(36(3,32)33)22(30)25-13-20(29)26-16-8-9-16/h4-7,10-12,16,21H,8-9,13H2,1-3H3,(H,25,30)(H,26,29). The number of carbonyl (C=O) groups is 3. The molecule has 0 aliphatic heterocycles. The SMILES string of the molecule is COC(=O)N(C)c1cccc(-c2ccc3nc(C(C(=O)NCC(=O)NC4CC4)S(C)(=O)=O)sc3c2)c1. The number of sulfone groups is 1. The van der Waals surface area contributed by atoms with E-state index in [-0.39, 0.29) is 23.5 Å². The molecule has 1 aliphatic rings. The molecule has 0 spiro atoms. The van der Waals surface area contributed by atoms with Crippen LogP contribution in [0.15, 0.2) is 42.5 Å². The van der Waals surface area contributed by atoms with Crippen LogP contribution in [0.2, 0.25) is 0 Å². The predicted molar refractivity (Wildman–Crippen MR) is 138 cm³/mol. The fraction of sp³-hybridized carbons (Fsp3) is 0.333. The third-order valence-corrected chi connectivity index (χ3v) is 8.20. The van der Waals surface area contributed by atoms with Gasteiger partial charge in [-0.15, -0.1) is 11.3 Å². The summed E-state index contributed by atoms with van der Waals surface area (Å²) in [6.07, 6.45) is 2.30. The summed E-state index contributed by atoms with van der Waals surface area (Å²) in [5, 5.41) is 3.78. The second-order valence-corrected chi connectivity index (χ2v) is 11.8. The highest BCUT2D eigenvalue weighted by molar-refractivity contribution is 7.91. The number of carbonyl (C=O) groups excluding carboxylic acids is 3. The van der Waals surface area contributed by atoms with E-state index in [9.17, 15) is 22.8 Å². The summed E-state index contributed by atoms with van der Waals surface area (Å²) < 4.78 is 30.5. The van der Waals surface area contributed by atoms with E-state index in [1.807, 2.05) is 30.3 Å². The molecule has 36 heavy (non-hydrogen) atoms. The first-order valence-corrected chi connectivity index (χ1v) is 13.9. The highest BCUT2D eigenvalue weighted by Crippen LogP contribution is 2.34.